The number of carbonyl (C=O) groups excluding carboxylic acids is 1. The highest BCUT2D eigenvalue weighted by Gasteiger charge is 2.11. The molecule has 0 saturated heterocycles. The summed E-state index contributed by atoms with van der Waals surface area (Å²) in [5.41, 5.74) is 0.328. The fourth-order valence-corrected chi connectivity index (χ4v) is 1.06. The number of esters is 1. The molecule has 1 atom stereocenters. The summed E-state index contributed by atoms with van der Waals surface area (Å²) >= 11 is 0. The maximum absolute atomic E-state index is 11.4. The number of ether oxygens (including phenoxy) is 1. The van der Waals surface area contributed by atoms with Crippen LogP contribution in [-0.4, -0.2) is 35.0 Å². The molecule has 6 nitrogen and oxygen atoms in total. The van der Waals surface area contributed by atoms with E-state index >= 15 is 0 Å². The van der Waals surface area contributed by atoms with Gasteiger partial charge in [-0.25, -0.2) is 14.5 Å². The van der Waals surface area contributed by atoms with Crippen LogP contribution in [0, 0.1) is 0 Å². The van der Waals surface area contributed by atoms with Crippen molar-refractivity contribution in [3.63, 3.8) is 0 Å². The van der Waals surface area contributed by atoms with Gasteiger partial charge in [0.2, 0.25) is 0 Å². The van der Waals surface area contributed by atoms with Crippen molar-refractivity contribution >= 4 is 11.9 Å². The lowest BCUT2D eigenvalue weighted by Crippen LogP contribution is -2.17. The van der Waals surface area contributed by atoms with Crippen LogP contribution in [0.5, 0.6) is 0 Å². The van der Waals surface area contributed by atoms with Gasteiger partial charge in [0.15, 0.2) is 0 Å². The zero-order chi connectivity index (χ0) is 12.8. The highest BCUT2D eigenvalue weighted by atomic mass is 17.1. The van der Waals surface area contributed by atoms with E-state index in [1.807, 2.05) is 0 Å². The van der Waals surface area contributed by atoms with Gasteiger partial charge in [0.1, 0.15) is 12.7 Å². The van der Waals surface area contributed by atoms with Crippen LogP contribution in [0.3, 0.4) is 0 Å². The van der Waals surface area contributed by atoms with E-state index in [4.69, 9.17) is 15.1 Å². The molecule has 0 saturated carbocycles. The number of aromatic carboxylic acids is 1. The highest BCUT2D eigenvalue weighted by Crippen LogP contribution is 2.06. The molecule has 0 aromatic heterocycles. The summed E-state index contributed by atoms with van der Waals surface area (Å²) < 4.78 is 4.81. The number of hydrogen-bond acceptors (Lipinski definition) is 5. The predicted molar refractivity (Wildman–Crippen MR) is 56.9 cm³/mol. The largest absolute Gasteiger partial charge is 0.478 e. The normalized spacial score (nSPS) is 11.9. The molecule has 0 bridgehead atoms. The van der Waals surface area contributed by atoms with Crippen molar-refractivity contribution in [1.82, 2.24) is 0 Å². The van der Waals surface area contributed by atoms with Crippen LogP contribution in [0.25, 0.3) is 0 Å². The second-order valence-electron chi connectivity index (χ2n) is 3.40. The molecule has 1 aromatic carbocycles. The van der Waals surface area contributed by atoms with E-state index in [9.17, 15) is 9.59 Å². The van der Waals surface area contributed by atoms with Crippen LogP contribution in [0.1, 0.15) is 27.6 Å². The smallest absolute Gasteiger partial charge is 0.338 e. The Hall–Kier alpha value is -1.92. The van der Waals surface area contributed by atoms with E-state index < -0.39 is 18.0 Å². The molecule has 0 aliphatic rings. The molecule has 0 aliphatic heterocycles. The van der Waals surface area contributed by atoms with Crippen molar-refractivity contribution in [1.29, 1.82) is 0 Å². The zero-order valence-electron chi connectivity index (χ0n) is 9.12. The minimum Gasteiger partial charge on any atom is -0.478 e. The number of carboxylic acids is 1. The first kappa shape index (κ1) is 13.1. The van der Waals surface area contributed by atoms with Crippen LogP contribution in [0.15, 0.2) is 24.3 Å². The Morgan fingerprint density at radius 2 is 1.76 bits per heavy atom. The number of carboxylic acid groups (broad SMARTS) is 1. The first-order valence-corrected chi connectivity index (χ1v) is 4.85. The minimum absolute atomic E-state index is 0.0873. The molecule has 92 valence electrons. The van der Waals surface area contributed by atoms with Crippen LogP contribution in [0.4, 0.5) is 0 Å². The van der Waals surface area contributed by atoms with E-state index in [2.05, 4.69) is 4.89 Å². The van der Waals surface area contributed by atoms with Crippen molar-refractivity contribution in [3.05, 3.63) is 35.4 Å². The van der Waals surface area contributed by atoms with E-state index in [1.165, 1.54) is 31.2 Å². The Morgan fingerprint density at radius 3 is 2.24 bits per heavy atom. The molecule has 2 N–H and O–H groups in total. The molecule has 1 unspecified atom stereocenters. The Morgan fingerprint density at radius 1 is 1.24 bits per heavy atom. The number of benzene rings is 1. The molecule has 0 radical (unpaired) electrons. The lowest BCUT2D eigenvalue weighted by Gasteiger charge is -2.08. The summed E-state index contributed by atoms with van der Waals surface area (Å²) in [5, 5.41) is 16.9. The molecular formula is C11H12O6. The Balaban J connectivity index is 2.61. The third kappa shape index (κ3) is 3.86. The predicted octanol–water partition coefficient (Wildman–Crippen LogP) is 1.42. The summed E-state index contributed by atoms with van der Waals surface area (Å²) in [7, 11) is 0. The summed E-state index contributed by atoms with van der Waals surface area (Å²) in [5.74, 6) is -1.67. The summed E-state index contributed by atoms with van der Waals surface area (Å²) in [6.07, 6.45) is -0.614. The van der Waals surface area contributed by atoms with Crippen LogP contribution >= 0.6 is 0 Å². The molecule has 1 rings (SSSR count). The average Bonchev–Trinajstić information content (AvgIpc) is 2.35. The van der Waals surface area contributed by atoms with Gasteiger partial charge in [-0.15, -0.1) is 0 Å². The molecule has 0 fully saturated rings. The van der Waals surface area contributed by atoms with Crippen molar-refractivity contribution in [2.45, 2.75) is 13.0 Å². The van der Waals surface area contributed by atoms with Gasteiger partial charge in [-0.05, 0) is 31.2 Å². The zero-order valence-corrected chi connectivity index (χ0v) is 9.12. The van der Waals surface area contributed by atoms with E-state index in [0.29, 0.717) is 0 Å². The second kappa shape index (κ2) is 5.97. The number of rotatable bonds is 5. The van der Waals surface area contributed by atoms with Gasteiger partial charge in [0.25, 0.3) is 0 Å². The maximum Gasteiger partial charge on any atom is 0.338 e. The molecular weight excluding hydrogens is 228 g/mol. The van der Waals surface area contributed by atoms with Crippen molar-refractivity contribution in [2.24, 2.45) is 0 Å². The lowest BCUT2D eigenvalue weighted by molar-refractivity contribution is -0.279. The van der Waals surface area contributed by atoms with Crippen LogP contribution in [-0.2, 0) is 9.62 Å². The quantitative estimate of drug-likeness (QED) is 0.459. The molecule has 0 heterocycles. The Bertz CT molecular complexity index is 397. The van der Waals surface area contributed by atoms with Gasteiger partial charge in [-0.1, -0.05) is 0 Å². The number of hydrogen-bond donors (Lipinski definition) is 2. The second-order valence-corrected chi connectivity index (χ2v) is 3.40. The molecule has 17 heavy (non-hydrogen) atoms. The molecule has 1 aromatic rings. The summed E-state index contributed by atoms with van der Waals surface area (Å²) in [6.45, 7) is 1.44. The van der Waals surface area contributed by atoms with Crippen molar-refractivity contribution in [2.75, 3.05) is 6.61 Å². The lowest BCUT2D eigenvalue weighted by atomic mass is 10.1. The third-order valence-electron chi connectivity index (χ3n) is 2.00. The SMILES string of the molecule is CC(COC(=O)c1ccc(C(=O)O)cc1)OO. The standard InChI is InChI=1S/C11H12O6/c1-7(17-15)6-16-11(14)9-4-2-8(3-5-9)10(12)13/h2-5,7,15H,6H2,1H3,(H,12,13). The first-order chi connectivity index (χ1) is 8.04. The topological polar surface area (TPSA) is 93.1 Å². The molecule has 0 aliphatic carbocycles. The van der Waals surface area contributed by atoms with Crippen molar-refractivity contribution in [3.8, 4) is 0 Å². The van der Waals surface area contributed by atoms with Gasteiger partial charge >= 0.3 is 11.9 Å². The van der Waals surface area contributed by atoms with E-state index in [0.717, 1.165) is 0 Å². The van der Waals surface area contributed by atoms with Gasteiger partial charge in [-0.2, -0.15) is 0 Å². The van der Waals surface area contributed by atoms with Crippen molar-refractivity contribution < 1.29 is 29.6 Å². The van der Waals surface area contributed by atoms with Gasteiger partial charge < -0.3 is 9.84 Å². The summed E-state index contributed by atoms with van der Waals surface area (Å²) in [6, 6.07) is 5.34. The average molecular weight is 240 g/mol. The third-order valence-corrected chi connectivity index (χ3v) is 2.00. The molecule has 0 amide bonds. The monoisotopic (exact) mass is 240 g/mol. The van der Waals surface area contributed by atoms with E-state index in [1.54, 1.807) is 0 Å². The molecule has 0 spiro atoms. The maximum atomic E-state index is 11.4. The highest BCUT2D eigenvalue weighted by molar-refractivity contribution is 5.92. The summed E-state index contributed by atoms with van der Waals surface area (Å²) in [4.78, 5) is 25.9. The Labute approximate surface area is 97.3 Å². The molecule has 6 heteroatoms. The fraction of sp³-hybridized carbons (Fsp3) is 0.273. The first-order valence-electron chi connectivity index (χ1n) is 4.85. The van der Waals surface area contributed by atoms with E-state index in [-0.39, 0.29) is 17.7 Å². The van der Waals surface area contributed by atoms with Gasteiger partial charge in [-0.3, -0.25) is 5.26 Å². The fourth-order valence-electron chi connectivity index (χ4n) is 1.06. The minimum atomic E-state index is -1.06. The van der Waals surface area contributed by atoms with Gasteiger partial charge in [0.05, 0.1) is 11.1 Å². The van der Waals surface area contributed by atoms with Gasteiger partial charge in [0, 0.05) is 0 Å². The Kier molecular flexibility index (Phi) is 4.62. The van der Waals surface area contributed by atoms with Crippen LogP contribution < -0.4 is 0 Å². The number of carbonyl (C=O) groups is 2. The van der Waals surface area contributed by atoms with Crippen LogP contribution in [0.2, 0.25) is 0 Å².